The monoisotopic (exact) mass is 195 g/mol. The van der Waals surface area contributed by atoms with E-state index in [9.17, 15) is 20.5 Å². The number of aliphatic hydroxyl groups excluding tert-OH is 3. The molecule has 74 valence electrons. The van der Waals surface area contributed by atoms with Gasteiger partial charge in [-0.25, -0.2) is 5.06 Å². The Morgan fingerprint density at radius 3 is 2.50 bits per heavy atom. The van der Waals surface area contributed by atoms with Gasteiger partial charge in [0.25, 0.3) is 0 Å². The Morgan fingerprint density at radius 1 is 1.14 bits per heavy atom. The maximum Gasteiger partial charge on any atom is 0.213 e. The van der Waals surface area contributed by atoms with Gasteiger partial charge in [-0.2, -0.15) is 0 Å². The van der Waals surface area contributed by atoms with Crippen LogP contribution in [0.5, 0.6) is 0 Å². The quantitative estimate of drug-likeness (QED) is 0.496. The SMILES string of the molecule is OC1=C(O)C(O)N(O)c2ccccc21. The first-order valence-corrected chi connectivity index (χ1v) is 4.00. The minimum atomic E-state index is -1.62. The Balaban J connectivity index is 2.65. The van der Waals surface area contributed by atoms with E-state index in [-0.39, 0.29) is 11.3 Å². The van der Waals surface area contributed by atoms with Gasteiger partial charge in [-0.05, 0) is 12.1 Å². The fourth-order valence-corrected chi connectivity index (χ4v) is 1.38. The van der Waals surface area contributed by atoms with Crippen LogP contribution in [-0.4, -0.2) is 26.8 Å². The van der Waals surface area contributed by atoms with Crippen molar-refractivity contribution in [1.82, 2.24) is 0 Å². The average molecular weight is 195 g/mol. The molecule has 14 heavy (non-hydrogen) atoms. The van der Waals surface area contributed by atoms with Crippen LogP contribution < -0.4 is 5.06 Å². The number of nitrogens with zero attached hydrogens (tertiary/aromatic N) is 1. The van der Waals surface area contributed by atoms with Gasteiger partial charge in [-0.3, -0.25) is 5.21 Å². The van der Waals surface area contributed by atoms with Crippen molar-refractivity contribution in [2.45, 2.75) is 6.23 Å². The lowest BCUT2D eigenvalue weighted by Gasteiger charge is -2.29. The summed E-state index contributed by atoms with van der Waals surface area (Å²) in [5.41, 5.74) is 0.521. The molecule has 1 atom stereocenters. The normalized spacial score (nSPS) is 21.0. The summed E-state index contributed by atoms with van der Waals surface area (Å²) in [5, 5.41) is 37.8. The van der Waals surface area contributed by atoms with Crippen molar-refractivity contribution in [2.24, 2.45) is 0 Å². The first-order chi connectivity index (χ1) is 6.63. The van der Waals surface area contributed by atoms with Crippen LogP contribution in [0.25, 0.3) is 5.76 Å². The summed E-state index contributed by atoms with van der Waals surface area (Å²) in [6.07, 6.45) is -1.62. The first kappa shape index (κ1) is 8.86. The lowest BCUT2D eigenvalue weighted by atomic mass is 10.1. The molecule has 0 aromatic heterocycles. The highest BCUT2D eigenvalue weighted by Gasteiger charge is 2.30. The molecule has 2 rings (SSSR count). The summed E-state index contributed by atoms with van der Waals surface area (Å²) >= 11 is 0. The van der Waals surface area contributed by atoms with E-state index in [0.29, 0.717) is 5.06 Å². The van der Waals surface area contributed by atoms with Crippen LogP contribution in [0, 0.1) is 0 Å². The van der Waals surface area contributed by atoms with Crippen molar-refractivity contribution in [3.63, 3.8) is 0 Å². The van der Waals surface area contributed by atoms with E-state index in [1.54, 1.807) is 12.1 Å². The number of anilines is 1. The summed E-state index contributed by atoms with van der Waals surface area (Å²) < 4.78 is 0. The largest absolute Gasteiger partial charge is 0.505 e. The molecule has 0 saturated heterocycles. The second kappa shape index (κ2) is 2.90. The summed E-state index contributed by atoms with van der Waals surface area (Å²) in [4.78, 5) is 0. The van der Waals surface area contributed by atoms with E-state index in [2.05, 4.69) is 0 Å². The number of hydrogen-bond donors (Lipinski definition) is 4. The number of rotatable bonds is 0. The Bertz CT molecular complexity index is 402. The van der Waals surface area contributed by atoms with E-state index >= 15 is 0 Å². The third kappa shape index (κ3) is 1.03. The second-order valence-electron chi connectivity index (χ2n) is 2.97. The molecule has 0 spiro atoms. The number of fused-ring (bicyclic) bond motifs is 1. The zero-order valence-corrected chi connectivity index (χ0v) is 7.12. The van der Waals surface area contributed by atoms with E-state index in [4.69, 9.17) is 0 Å². The van der Waals surface area contributed by atoms with Crippen molar-refractivity contribution in [3.05, 3.63) is 35.6 Å². The Labute approximate surface area is 79.7 Å². The zero-order valence-electron chi connectivity index (χ0n) is 7.12. The molecule has 1 unspecified atom stereocenters. The number of hydrogen-bond acceptors (Lipinski definition) is 5. The average Bonchev–Trinajstić information content (AvgIpc) is 2.23. The Hall–Kier alpha value is -1.72. The number of benzene rings is 1. The van der Waals surface area contributed by atoms with Gasteiger partial charge < -0.3 is 15.3 Å². The lowest BCUT2D eigenvalue weighted by molar-refractivity contribution is 0.0564. The minimum Gasteiger partial charge on any atom is -0.505 e. The summed E-state index contributed by atoms with van der Waals surface area (Å²) in [7, 11) is 0. The molecule has 0 aliphatic carbocycles. The van der Waals surface area contributed by atoms with Crippen molar-refractivity contribution in [1.29, 1.82) is 0 Å². The summed E-state index contributed by atoms with van der Waals surface area (Å²) in [6.45, 7) is 0. The maximum atomic E-state index is 9.45. The Morgan fingerprint density at radius 2 is 1.79 bits per heavy atom. The van der Waals surface area contributed by atoms with E-state index < -0.39 is 17.7 Å². The molecule has 1 heterocycles. The molecule has 1 aliphatic heterocycles. The zero-order chi connectivity index (χ0) is 10.3. The molecule has 5 heteroatoms. The van der Waals surface area contributed by atoms with Crippen molar-refractivity contribution < 1.29 is 20.5 Å². The van der Waals surface area contributed by atoms with Gasteiger partial charge in [-0.15, -0.1) is 0 Å². The maximum absolute atomic E-state index is 9.45. The third-order valence-corrected chi connectivity index (χ3v) is 2.12. The van der Waals surface area contributed by atoms with Gasteiger partial charge in [0.1, 0.15) is 0 Å². The molecule has 0 amide bonds. The third-order valence-electron chi connectivity index (χ3n) is 2.12. The van der Waals surface area contributed by atoms with Gasteiger partial charge in [0.2, 0.25) is 6.23 Å². The fraction of sp³-hybridized carbons (Fsp3) is 0.111. The fourth-order valence-electron chi connectivity index (χ4n) is 1.38. The highest BCUT2D eigenvalue weighted by Crippen LogP contribution is 2.33. The number of aliphatic hydroxyl groups is 3. The number of para-hydroxylation sites is 1. The van der Waals surface area contributed by atoms with Gasteiger partial charge in [0.15, 0.2) is 11.5 Å². The predicted octanol–water partition coefficient (Wildman–Crippen LogP) is 0.999. The second-order valence-corrected chi connectivity index (χ2v) is 2.97. The van der Waals surface area contributed by atoms with Crippen LogP contribution in [0.4, 0.5) is 5.69 Å². The lowest BCUT2D eigenvalue weighted by Crippen LogP contribution is -2.37. The van der Waals surface area contributed by atoms with Gasteiger partial charge in [0, 0.05) is 5.56 Å². The molecule has 0 radical (unpaired) electrons. The molecular formula is C9H9NO4. The highest BCUT2D eigenvalue weighted by atomic mass is 16.5. The summed E-state index contributed by atoms with van der Waals surface area (Å²) in [5.74, 6) is -1.08. The molecule has 4 N–H and O–H groups in total. The van der Waals surface area contributed by atoms with Crippen LogP contribution in [0.1, 0.15) is 5.56 Å². The summed E-state index contributed by atoms with van der Waals surface area (Å²) in [6, 6.07) is 6.33. The van der Waals surface area contributed by atoms with Gasteiger partial charge in [0.05, 0.1) is 5.69 Å². The molecule has 0 bridgehead atoms. The highest BCUT2D eigenvalue weighted by molar-refractivity contribution is 5.76. The van der Waals surface area contributed by atoms with Crippen LogP contribution in [-0.2, 0) is 0 Å². The van der Waals surface area contributed by atoms with E-state index in [1.165, 1.54) is 12.1 Å². The van der Waals surface area contributed by atoms with Crippen LogP contribution in [0.3, 0.4) is 0 Å². The van der Waals surface area contributed by atoms with Gasteiger partial charge in [-0.1, -0.05) is 12.1 Å². The minimum absolute atomic E-state index is 0.246. The van der Waals surface area contributed by atoms with Gasteiger partial charge >= 0.3 is 0 Å². The van der Waals surface area contributed by atoms with Crippen molar-refractivity contribution in [3.8, 4) is 0 Å². The number of hydroxylamine groups is 1. The molecule has 1 aromatic rings. The van der Waals surface area contributed by atoms with E-state index in [0.717, 1.165) is 0 Å². The Kier molecular flexibility index (Phi) is 1.83. The molecule has 1 aromatic carbocycles. The van der Waals surface area contributed by atoms with Crippen LogP contribution in [0.2, 0.25) is 0 Å². The smallest absolute Gasteiger partial charge is 0.213 e. The molecule has 0 saturated carbocycles. The van der Waals surface area contributed by atoms with Crippen LogP contribution >= 0.6 is 0 Å². The van der Waals surface area contributed by atoms with Crippen molar-refractivity contribution >= 4 is 11.4 Å². The topological polar surface area (TPSA) is 84.2 Å². The van der Waals surface area contributed by atoms with Crippen LogP contribution in [0.15, 0.2) is 30.0 Å². The van der Waals surface area contributed by atoms with Crippen molar-refractivity contribution in [2.75, 3.05) is 5.06 Å². The van der Waals surface area contributed by atoms with E-state index in [1.807, 2.05) is 0 Å². The molecule has 0 fully saturated rings. The molecule has 1 aliphatic rings. The standard InChI is InChI=1S/C9H9NO4/c11-7-5-3-1-2-4-6(5)10(14)9(13)8(7)12/h1-4,9,11-14H. The molecule has 5 nitrogen and oxygen atoms in total. The first-order valence-electron chi connectivity index (χ1n) is 4.00. The predicted molar refractivity (Wildman–Crippen MR) is 48.9 cm³/mol. The molecular weight excluding hydrogens is 186 g/mol.